The third-order valence-corrected chi connectivity index (χ3v) is 4.74. The van der Waals surface area contributed by atoms with E-state index in [0.29, 0.717) is 11.9 Å². The molecular weight excluding hydrogens is 350 g/mol. The molecule has 3 aromatic rings. The van der Waals surface area contributed by atoms with E-state index in [9.17, 15) is 9.59 Å². The van der Waals surface area contributed by atoms with Gasteiger partial charge in [-0.3, -0.25) is 9.89 Å². The number of nitrogens with zero attached hydrogens (tertiary/aromatic N) is 2. The second-order valence-electron chi connectivity index (χ2n) is 5.79. The maximum absolute atomic E-state index is 12.2. The van der Waals surface area contributed by atoms with E-state index in [1.807, 2.05) is 48.7 Å². The van der Waals surface area contributed by atoms with Gasteiger partial charge < -0.3 is 9.64 Å². The lowest BCUT2D eigenvalue weighted by Gasteiger charge is -2.17. The molecular formula is C19H19N3O3S. The molecule has 0 radical (unpaired) electrons. The van der Waals surface area contributed by atoms with Gasteiger partial charge in [0, 0.05) is 23.9 Å². The first-order valence-corrected chi connectivity index (χ1v) is 9.28. The molecule has 0 saturated carbocycles. The number of ether oxygens (including phenoxy) is 1. The Bertz CT molecular complexity index is 921. The summed E-state index contributed by atoms with van der Waals surface area (Å²) in [6.07, 6.45) is 2.02. The van der Waals surface area contributed by atoms with E-state index in [-0.39, 0.29) is 18.2 Å². The van der Waals surface area contributed by atoms with Crippen LogP contribution in [-0.4, -0.2) is 46.9 Å². The van der Waals surface area contributed by atoms with Crippen LogP contribution in [0.2, 0.25) is 0 Å². The van der Waals surface area contributed by atoms with Crippen LogP contribution in [0.25, 0.3) is 10.9 Å². The molecule has 3 rings (SSSR count). The number of para-hydroxylation sites is 1. The SMILES string of the molecule is CSc1ccc(CN(C)C(=O)COC(=O)c2n[nH]c3ccccc23)cc1. The maximum Gasteiger partial charge on any atom is 0.359 e. The van der Waals surface area contributed by atoms with Crippen molar-refractivity contribution >= 4 is 34.5 Å². The summed E-state index contributed by atoms with van der Waals surface area (Å²) in [5, 5.41) is 7.42. The summed E-state index contributed by atoms with van der Waals surface area (Å²) in [7, 11) is 1.68. The molecule has 0 spiro atoms. The van der Waals surface area contributed by atoms with Crippen molar-refractivity contribution in [1.82, 2.24) is 15.1 Å². The highest BCUT2D eigenvalue weighted by Gasteiger charge is 2.18. The number of aromatic amines is 1. The molecule has 0 atom stereocenters. The van der Waals surface area contributed by atoms with Crippen LogP contribution in [0.1, 0.15) is 16.1 Å². The maximum atomic E-state index is 12.2. The van der Waals surface area contributed by atoms with Crippen LogP contribution >= 0.6 is 11.8 Å². The third kappa shape index (κ3) is 4.05. The minimum atomic E-state index is -0.617. The summed E-state index contributed by atoms with van der Waals surface area (Å²) >= 11 is 1.67. The first-order chi connectivity index (χ1) is 12.6. The number of fused-ring (bicyclic) bond motifs is 1. The Morgan fingerprint density at radius 3 is 2.62 bits per heavy atom. The number of likely N-dealkylation sites (N-methyl/N-ethyl adjacent to an activating group) is 1. The van der Waals surface area contributed by atoms with Crippen molar-refractivity contribution in [2.75, 3.05) is 19.9 Å². The normalized spacial score (nSPS) is 10.7. The van der Waals surface area contributed by atoms with Crippen LogP contribution in [0.3, 0.4) is 0 Å². The second kappa shape index (κ2) is 8.05. The number of carbonyl (C=O) groups excluding carboxylic acids is 2. The Morgan fingerprint density at radius 2 is 1.88 bits per heavy atom. The molecule has 0 fully saturated rings. The van der Waals surface area contributed by atoms with Crippen molar-refractivity contribution < 1.29 is 14.3 Å². The molecule has 2 aromatic carbocycles. The first-order valence-electron chi connectivity index (χ1n) is 8.05. The summed E-state index contributed by atoms with van der Waals surface area (Å²) in [6, 6.07) is 15.3. The van der Waals surface area contributed by atoms with Crippen LogP contribution in [0, 0.1) is 0 Å². The van der Waals surface area contributed by atoms with Gasteiger partial charge in [0.1, 0.15) is 0 Å². The molecule has 1 aromatic heterocycles. The molecule has 6 nitrogen and oxygen atoms in total. The van der Waals surface area contributed by atoms with E-state index < -0.39 is 5.97 Å². The van der Waals surface area contributed by atoms with Gasteiger partial charge in [-0.1, -0.05) is 30.3 Å². The fourth-order valence-electron chi connectivity index (χ4n) is 2.52. The lowest BCUT2D eigenvalue weighted by molar-refractivity contribution is -0.133. The lowest BCUT2D eigenvalue weighted by atomic mass is 10.2. The van der Waals surface area contributed by atoms with Gasteiger partial charge in [0.25, 0.3) is 5.91 Å². The van der Waals surface area contributed by atoms with Gasteiger partial charge in [-0.05, 0) is 30.0 Å². The number of amides is 1. The van der Waals surface area contributed by atoms with Crippen molar-refractivity contribution in [2.24, 2.45) is 0 Å². The number of H-pyrrole nitrogens is 1. The predicted molar refractivity (Wildman–Crippen MR) is 101 cm³/mol. The molecule has 0 bridgehead atoms. The van der Waals surface area contributed by atoms with Crippen molar-refractivity contribution in [2.45, 2.75) is 11.4 Å². The Kier molecular flexibility index (Phi) is 5.58. The largest absolute Gasteiger partial charge is 0.451 e. The second-order valence-corrected chi connectivity index (χ2v) is 6.67. The van der Waals surface area contributed by atoms with Gasteiger partial charge in [0.05, 0.1) is 5.52 Å². The highest BCUT2D eigenvalue weighted by Crippen LogP contribution is 2.17. The molecule has 7 heteroatoms. The first kappa shape index (κ1) is 18.0. The van der Waals surface area contributed by atoms with Gasteiger partial charge in [-0.25, -0.2) is 4.79 Å². The number of benzene rings is 2. The molecule has 0 unspecified atom stereocenters. The Labute approximate surface area is 155 Å². The van der Waals surface area contributed by atoms with E-state index in [4.69, 9.17) is 4.74 Å². The number of esters is 1. The molecule has 0 aliphatic rings. The van der Waals surface area contributed by atoms with Crippen LogP contribution < -0.4 is 0 Å². The van der Waals surface area contributed by atoms with E-state index in [0.717, 1.165) is 11.1 Å². The van der Waals surface area contributed by atoms with Crippen molar-refractivity contribution in [1.29, 1.82) is 0 Å². The van der Waals surface area contributed by atoms with Gasteiger partial charge >= 0.3 is 5.97 Å². The predicted octanol–water partition coefficient (Wildman–Crippen LogP) is 3.10. The number of hydrogen-bond acceptors (Lipinski definition) is 5. The number of rotatable bonds is 6. The zero-order chi connectivity index (χ0) is 18.5. The van der Waals surface area contributed by atoms with Crippen LogP contribution in [0.5, 0.6) is 0 Å². The zero-order valence-corrected chi connectivity index (χ0v) is 15.4. The molecule has 134 valence electrons. The lowest BCUT2D eigenvalue weighted by Crippen LogP contribution is -2.30. The van der Waals surface area contributed by atoms with Crippen molar-refractivity contribution in [3.8, 4) is 0 Å². The fourth-order valence-corrected chi connectivity index (χ4v) is 2.93. The van der Waals surface area contributed by atoms with Crippen molar-refractivity contribution in [3.63, 3.8) is 0 Å². The van der Waals surface area contributed by atoms with Crippen LogP contribution in [0.4, 0.5) is 0 Å². The van der Waals surface area contributed by atoms with Gasteiger partial charge in [0.15, 0.2) is 12.3 Å². The van der Waals surface area contributed by atoms with Crippen molar-refractivity contribution in [3.05, 3.63) is 59.8 Å². The van der Waals surface area contributed by atoms with Gasteiger partial charge in [-0.2, -0.15) is 5.10 Å². The topological polar surface area (TPSA) is 75.3 Å². The molecule has 0 saturated heterocycles. The quantitative estimate of drug-likeness (QED) is 0.534. The van der Waals surface area contributed by atoms with E-state index in [1.54, 1.807) is 24.9 Å². The monoisotopic (exact) mass is 369 g/mol. The molecule has 1 heterocycles. The zero-order valence-electron chi connectivity index (χ0n) is 14.6. The number of nitrogens with one attached hydrogen (secondary N) is 1. The number of carbonyl (C=O) groups is 2. The Morgan fingerprint density at radius 1 is 1.15 bits per heavy atom. The number of aromatic nitrogens is 2. The number of hydrogen-bond donors (Lipinski definition) is 1. The Balaban J connectivity index is 1.56. The summed E-state index contributed by atoms with van der Waals surface area (Å²) in [5.41, 5.74) is 1.95. The molecule has 1 amide bonds. The molecule has 1 N–H and O–H groups in total. The smallest absolute Gasteiger partial charge is 0.359 e. The minimum absolute atomic E-state index is 0.184. The standard InChI is InChI=1S/C19H19N3O3S/c1-22(11-13-7-9-14(26-2)10-8-13)17(23)12-25-19(24)18-15-5-3-4-6-16(15)20-21-18/h3-10H,11-12H2,1-2H3,(H,20,21). The summed E-state index contributed by atoms with van der Waals surface area (Å²) in [4.78, 5) is 27.1. The molecule has 26 heavy (non-hydrogen) atoms. The average molecular weight is 369 g/mol. The number of thioether (sulfide) groups is 1. The fraction of sp³-hybridized carbons (Fsp3) is 0.211. The average Bonchev–Trinajstić information content (AvgIpc) is 3.10. The highest BCUT2D eigenvalue weighted by molar-refractivity contribution is 7.98. The van der Waals surface area contributed by atoms with E-state index in [2.05, 4.69) is 10.2 Å². The summed E-state index contributed by atoms with van der Waals surface area (Å²) in [6.45, 7) is 0.135. The Hall–Kier alpha value is -2.80. The molecule has 0 aliphatic carbocycles. The van der Waals surface area contributed by atoms with E-state index in [1.165, 1.54) is 9.80 Å². The highest BCUT2D eigenvalue weighted by atomic mass is 32.2. The van der Waals surface area contributed by atoms with Gasteiger partial charge in [0.2, 0.25) is 0 Å². The summed E-state index contributed by atoms with van der Waals surface area (Å²) < 4.78 is 5.14. The minimum Gasteiger partial charge on any atom is -0.451 e. The van der Waals surface area contributed by atoms with E-state index >= 15 is 0 Å². The van der Waals surface area contributed by atoms with Gasteiger partial charge in [-0.15, -0.1) is 11.8 Å². The third-order valence-electron chi connectivity index (χ3n) is 3.99. The molecule has 0 aliphatic heterocycles. The van der Waals surface area contributed by atoms with Crippen LogP contribution in [0.15, 0.2) is 53.4 Å². The summed E-state index contributed by atoms with van der Waals surface area (Å²) in [5.74, 6) is -0.888. The van der Waals surface area contributed by atoms with Crippen LogP contribution in [-0.2, 0) is 16.1 Å².